The Morgan fingerprint density at radius 1 is 0.821 bits per heavy atom. The minimum absolute atomic E-state index is 0.274. The van der Waals surface area contributed by atoms with Crippen molar-refractivity contribution in [2.45, 2.75) is 0 Å². The van der Waals surface area contributed by atoms with Crippen molar-refractivity contribution in [1.82, 2.24) is 5.43 Å². The molecule has 1 amide bonds. The molecule has 0 bridgehead atoms. The maximum Gasteiger partial charge on any atom is 0.344 e. The molecular weight excluding hydrogens is 582 g/mol. The van der Waals surface area contributed by atoms with Crippen LogP contribution in [-0.4, -0.2) is 18.1 Å². The van der Waals surface area contributed by atoms with Gasteiger partial charge in [-0.25, -0.2) is 10.2 Å². The number of rotatable bonds is 5. The molecule has 3 aromatic carbocycles. The lowest BCUT2D eigenvalue weighted by atomic mass is 10.2. The zero-order valence-electron chi connectivity index (χ0n) is 14.4. The molecule has 5 nitrogen and oxygen atoms in total. The summed E-state index contributed by atoms with van der Waals surface area (Å²) in [5, 5.41) is 3.97. The number of amides is 1. The van der Waals surface area contributed by atoms with Gasteiger partial charge < -0.3 is 4.74 Å². The first-order valence-corrected chi connectivity index (χ1v) is 10.3. The molecule has 0 spiro atoms. The molecule has 0 unspecified atom stereocenters. The smallest absolute Gasteiger partial charge is 0.344 e. The summed E-state index contributed by atoms with van der Waals surface area (Å²) in [5.74, 6) is -0.245. The summed E-state index contributed by atoms with van der Waals surface area (Å²) in [4.78, 5) is 24.3. The van der Waals surface area contributed by atoms with E-state index in [2.05, 4.69) is 55.7 Å². The van der Waals surface area contributed by atoms with Gasteiger partial charge in [-0.05, 0) is 99.3 Å². The molecule has 0 saturated carbocycles. The van der Waals surface area contributed by atoms with Crippen molar-refractivity contribution in [3.8, 4) is 5.75 Å². The average Bonchev–Trinajstić information content (AvgIpc) is 2.70. The van der Waals surface area contributed by atoms with Crippen molar-refractivity contribution < 1.29 is 14.3 Å². The Kier molecular flexibility index (Phi) is 7.15. The van der Waals surface area contributed by atoms with Crippen molar-refractivity contribution in [3.05, 3.63) is 96.6 Å². The number of benzene rings is 3. The Labute approximate surface area is 189 Å². The number of esters is 1. The quantitative estimate of drug-likeness (QED) is 0.150. The largest absolute Gasteiger partial charge is 0.423 e. The third-order valence-corrected chi connectivity index (χ3v) is 5.56. The van der Waals surface area contributed by atoms with Crippen molar-refractivity contribution >= 4 is 63.3 Å². The van der Waals surface area contributed by atoms with Crippen LogP contribution in [0.15, 0.2) is 77.9 Å². The molecule has 0 atom stereocenters. The second kappa shape index (κ2) is 9.78. The van der Waals surface area contributed by atoms with Crippen molar-refractivity contribution in [1.29, 1.82) is 0 Å². The Balaban J connectivity index is 1.59. The highest BCUT2D eigenvalue weighted by atomic mass is 127. The lowest BCUT2D eigenvalue weighted by Crippen LogP contribution is -2.18. The molecule has 0 radical (unpaired) electrons. The minimum atomic E-state index is -0.406. The highest BCUT2D eigenvalue weighted by Gasteiger charge is 2.11. The van der Waals surface area contributed by atoms with Gasteiger partial charge in [-0.2, -0.15) is 5.10 Å². The SMILES string of the molecule is O=C(N/N=C\c1ccc(OC(=O)c2ccccc2I)cc1)c1ccccc1I. The molecule has 0 aromatic heterocycles. The molecule has 28 heavy (non-hydrogen) atoms. The van der Waals surface area contributed by atoms with E-state index >= 15 is 0 Å². The van der Waals surface area contributed by atoms with E-state index in [0.717, 1.165) is 12.7 Å². The number of nitrogens with one attached hydrogen (secondary N) is 1. The van der Waals surface area contributed by atoms with Gasteiger partial charge in [0.1, 0.15) is 5.75 Å². The fourth-order valence-corrected chi connectivity index (χ4v) is 3.52. The first-order chi connectivity index (χ1) is 13.5. The lowest BCUT2D eigenvalue weighted by molar-refractivity contribution is 0.0733. The third-order valence-electron chi connectivity index (χ3n) is 3.68. The van der Waals surface area contributed by atoms with Crippen LogP contribution in [0.3, 0.4) is 0 Å². The van der Waals surface area contributed by atoms with E-state index in [-0.39, 0.29) is 5.91 Å². The van der Waals surface area contributed by atoms with Crippen molar-refractivity contribution in [3.63, 3.8) is 0 Å². The second-order valence-electron chi connectivity index (χ2n) is 5.62. The summed E-state index contributed by atoms with van der Waals surface area (Å²) in [5.41, 5.74) is 4.35. The molecule has 0 heterocycles. The number of hydrogen-bond donors (Lipinski definition) is 1. The van der Waals surface area contributed by atoms with Crippen LogP contribution in [0.4, 0.5) is 0 Å². The normalized spacial score (nSPS) is 10.6. The zero-order chi connectivity index (χ0) is 19.9. The van der Waals surface area contributed by atoms with E-state index in [1.165, 1.54) is 6.21 Å². The first-order valence-electron chi connectivity index (χ1n) is 8.19. The van der Waals surface area contributed by atoms with Crippen LogP contribution in [0.5, 0.6) is 5.75 Å². The number of ether oxygens (including phenoxy) is 1. The number of hydrogen-bond acceptors (Lipinski definition) is 4. The van der Waals surface area contributed by atoms with Crippen molar-refractivity contribution in [2.75, 3.05) is 0 Å². The molecule has 140 valence electrons. The van der Waals surface area contributed by atoms with E-state index in [4.69, 9.17) is 4.74 Å². The number of carbonyl (C=O) groups is 2. The molecule has 0 saturated heterocycles. The predicted octanol–water partition coefficient (Wildman–Crippen LogP) is 4.88. The van der Waals surface area contributed by atoms with Gasteiger partial charge in [0.15, 0.2) is 0 Å². The van der Waals surface area contributed by atoms with E-state index in [9.17, 15) is 9.59 Å². The monoisotopic (exact) mass is 596 g/mol. The van der Waals surface area contributed by atoms with E-state index in [0.29, 0.717) is 16.9 Å². The summed E-state index contributed by atoms with van der Waals surface area (Å²) in [6.45, 7) is 0. The van der Waals surface area contributed by atoms with Crippen LogP contribution >= 0.6 is 45.2 Å². The van der Waals surface area contributed by atoms with Gasteiger partial charge in [-0.3, -0.25) is 4.79 Å². The zero-order valence-corrected chi connectivity index (χ0v) is 18.7. The molecule has 0 aliphatic rings. The fraction of sp³-hybridized carbons (Fsp3) is 0. The molecule has 1 N–H and O–H groups in total. The molecule has 0 aliphatic carbocycles. The molecule has 3 rings (SSSR count). The number of halogens is 2. The molecule has 0 fully saturated rings. The third kappa shape index (κ3) is 5.38. The fourth-order valence-electron chi connectivity index (χ4n) is 2.28. The van der Waals surface area contributed by atoms with Gasteiger partial charge >= 0.3 is 5.97 Å². The van der Waals surface area contributed by atoms with E-state index in [1.807, 2.05) is 24.3 Å². The lowest BCUT2D eigenvalue weighted by Gasteiger charge is -2.06. The van der Waals surface area contributed by atoms with Gasteiger partial charge in [0.25, 0.3) is 5.91 Å². The first kappa shape index (κ1) is 20.5. The van der Waals surface area contributed by atoms with Crippen LogP contribution < -0.4 is 10.2 Å². The number of carbonyl (C=O) groups excluding carboxylic acids is 2. The second-order valence-corrected chi connectivity index (χ2v) is 7.94. The summed E-state index contributed by atoms with van der Waals surface area (Å²) in [6.07, 6.45) is 1.53. The van der Waals surface area contributed by atoms with Gasteiger partial charge in [-0.15, -0.1) is 0 Å². The maximum absolute atomic E-state index is 12.2. The Morgan fingerprint density at radius 2 is 1.39 bits per heavy atom. The van der Waals surface area contributed by atoms with Gasteiger partial charge in [0.05, 0.1) is 17.3 Å². The highest BCUT2D eigenvalue weighted by molar-refractivity contribution is 14.1. The molecule has 0 aliphatic heterocycles. The number of nitrogens with zero attached hydrogens (tertiary/aromatic N) is 1. The van der Waals surface area contributed by atoms with E-state index < -0.39 is 5.97 Å². The van der Waals surface area contributed by atoms with Crippen LogP contribution in [0, 0.1) is 7.14 Å². The van der Waals surface area contributed by atoms with Gasteiger partial charge in [0.2, 0.25) is 0 Å². The van der Waals surface area contributed by atoms with E-state index in [1.54, 1.807) is 48.5 Å². The Morgan fingerprint density at radius 3 is 2.00 bits per heavy atom. The summed E-state index contributed by atoms with van der Waals surface area (Å²) in [7, 11) is 0. The summed E-state index contributed by atoms with van der Waals surface area (Å²) < 4.78 is 7.08. The Bertz CT molecular complexity index is 1030. The predicted molar refractivity (Wildman–Crippen MR) is 125 cm³/mol. The maximum atomic E-state index is 12.2. The Hall–Kier alpha value is -2.27. The topological polar surface area (TPSA) is 67.8 Å². The van der Waals surface area contributed by atoms with Gasteiger partial charge in [0, 0.05) is 7.14 Å². The van der Waals surface area contributed by atoms with Crippen molar-refractivity contribution in [2.24, 2.45) is 5.10 Å². The molecular formula is C21H14I2N2O3. The van der Waals surface area contributed by atoms with Gasteiger partial charge in [-0.1, -0.05) is 24.3 Å². The highest BCUT2D eigenvalue weighted by Crippen LogP contribution is 2.17. The van der Waals surface area contributed by atoms with Crippen LogP contribution in [-0.2, 0) is 0 Å². The minimum Gasteiger partial charge on any atom is -0.423 e. The van der Waals surface area contributed by atoms with Crippen LogP contribution in [0.25, 0.3) is 0 Å². The average molecular weight is 596 g/mol. The molecule has 7 heteroatoms. The molecule has 3 aromatic rings. The summed E-state index contributed by atoms with van der Waals surface area (Å²) >= 11 is 4.20. The van der Waals surface area contributed by atoms with Crippen LogP contribution in [0.2, 0.25) is 0 Å². The standard InChI is InChI=1S/C21H14I2N2O3/c22-18-7-3-1-5-16(18)20(26)25-24-13-14-9-11-15(12-10-14)28-21(27)17-6-2-4-8-19(17)23/h1-13H,(H,25,26)/b24-13-. The van der Waals surface area contributed by atoms with Crippen LogP contribution in [0.1, 0.15) is 26.3 Å². The summed E-state index contributed by atoms with van der Waals surface area (Å²) in [6, 6.07) is 21.4. The number of hydrazone groups is 1.